The van der Waals surface area contributed by atoms with Gasteiger partial charge in [0.25, 0.3) is 0 Å². The van der Waals surface area contributed by atoms with Gasteiger partial charge in [0, 0.05) is 33.9 Å². The van der Waals surface area contributed by atoms with Crippen molar-refractivity contribution in [1.82, 2.24) is 19.6 Å². The van der Waals surface area contributed by atoms with Crippen LogP contribution < -0.4 is 0 Å². The molecule has 0 aromatic heterocycles. The molecule has 4 amide bonds. The summed E-state index contributed by atoms with van der Waals surface area (Å²) in [5.74, 6) is -0.992. The van der Waals surface area contributed by atoms with E-state index in [0.717, 1.165) is 11.1 Å². The van der Waals surface area contributed by atoms with Gasteiger partial charge in [-0.1, -0.05) is 38.1 Å². The third-order valence-corrected chi connectivity index (χ3v) is 8.15. The van der Waals surface area contributed by atoms with E-state index >= 15 is 0 Å². The van der Waals surface area contributed by atoms with Crippen LogP contribution in [-0.4, -0.2) is 137 Å². The van der Waals surface area contributed by atoms with Crippen LogP contribution in [0.3, 0.4) is 0 Å². The van der Waals surface area contributed by atoms with Gasteiger partial charge in [-0.15, -0.1) is 0 Å². The Morgan fingerprint density at radius 2 is 0.851 bits per heavy atom. The number of rotatable bonds is 14. The molecule has 14 heteroatoms. The SMILES string of the molecule is COCN1CC(OC(=O)c2ccc(C(C)(C)c3ccc(C(=O)OC4CN(COC)C(=O)N(COC)C4)cc3)cc2)CN(COC)C1=O. The highest BCUT2D eigenvalue weighted by atomic mass is 16.6. The Hall–Kier alpha value is -4.24. The summed E-state index contributed by atoms with van der Waals surface area (Å²) < 4.78 is 32.0. The van der Waals surface area contributed by atoms with E-state index in [1.54, 1.807) is 24.3 Å². The minimum absolute atomic E-state index is 0.0724. The van der Waals surface area contributed by atoms with Gasteiger partial charge in [-0.05, 0) is 35.4 Å². The summed E-state index contributed by atoms with van der Waals surface area (Å²) in [6.45, 7) is 5.25. The second-order valence-electron chi connectivity index (χ2n) is 12.0. The second-order valence-corrected chi connectivity index (χ2v) is 12.0. The van der Waals surface area contributed by atoms with Gasteiger partial charge < -0.3 is 28.4 Å². The monoisotopic (exact) mass is 656 g/mol. The Kier molecular flexibility index (Phi) is 12.2. The first-order valence-electron chi connectivity index (χ1n) is 15.2. The number of hydrogen-bond acceptors (Lipinski definition) is 10. The lowest BCUT2D eigenvalue weighted by Gasteiger charge is -2.38. The molecule has 0 radical (unpaired) electrons. The predicted octanol–water partition coefficient (Wildman–Crippen LogP) is 2.95. The highest BCUT2D eigenvalue weighted by Gasteiger charge is 2.35. The molecular formula is C33H44N4O10. The number of urea groups is 2. The summed E-state index contributed by atoms with van der Waals surface area (Å²) in [6.07, 6.45) is -1.11. The fourth-order valence-corrected chi connectivity index (χ4v) is 5.67. The Morgan fingerprint density at radius 3 is 1.11 bits per heavy atom. The normalized spacial score (nSPS) is 16.6. The van der Waals surface area contributed by atoms with Crippen LogP contribution in [0.2, 0.25) is 0 Å². The van der Waals surface area contributed by atoms with Gasteiger partial charge >= 0.3 is 24.0 Å². The van der Waals surface area contributed by atoms with Gasteiger partial charge in [-0.3, -0.25) is 19.6 Å². The van der Waals surface area contributed by atoms with Crippen molar-refractivity contribution in [1.29, 1.82) is 0 Å². The van der Waals surface area contributed by atoms with Gasteiger partial charge in [0.05, 0.1) is 37.3 Å². The van der Waals surface area contributed by atoms with Crippen LogP contribution in [0.4, 0.5) is 9.59 Å². The third kappa shape index (κ3) is 8.57. The van der Waals surface area contributed by atoms with Gasteiger partial charge in [0.15, 0.2) is 0 Å². The molecule has 2 aliphatic heterocycles. The van der Waals surface area contributed by atoms with E-state index in [1.807, 2.05) is 24.3 Å². The van der Waals surface area contributed by atoms with E-state index in [1.165, 1.54) is 48.0 Å². The smallest absolute Gasteiger partial charge is 0.338 e. The number of ether oxygens (including phenoxy) is 6. The quantitative estimate of drug-likeness (QED) is 0.279. The topological polar surface area (TPSA) is 137 Å². The van der Waals surface area contributed by atoms with Gasteiger partial charge in [-0.25, -0.2) is 19.2 Å². The fourth-order valence-electron chi connectivity index (χ4n) is 5.67. The first-order chi connectivity index (χ1) is 22.5. The largest absolute Gasteiger partial charge is 0.455 e. The van der Waals surface area contributed by atoms with E-state index in [9.17, 15) is 19.2 Å². The Bertz CT molecular complexity index is 1250. The average Bonchev–Trinajstić information content (AvgIpc) is 3.05. The summed E-state index contributed by atoms with van der Waals surface area (Å²) >= 11 is 0. The lowest BCUT2D eigenvalue weighted by Crippen LogP contribution is -2.57. The van der Waals surface area contributed by atoms with Crippen molar-refractivity contribution in [2.24, 2.45) is 0 Å². The molecule has 0 spiro atoms. The summed E-state index contributed by atoms with van der Waals surface area (Å²) in [7, 11) is 5.97. The highest BCUT2D eigenvalue weighted by Crippen LogP contribution is 2.32. The molecule has 2 saturated heterocycles. The van der Waals surface area contributed by atoms with Crippen LogP contribution in [0.1, 0.15) is 45.7 Å². The van der Waals surface area contributed by atoms with E-state index < -0.39 is 29.6 Å². The maximum absolute atomic E-state index is 13.0. The molecule has 0 saturated carbocycles. The average molecular weight is 657 g/mol. The molecule has 14 nitrogen and oxygen atoms in total. The van der Waals surface area contributed by atoms with Crippen LogP contribution in [-0.2, 0) is 33.8 Å². The van der Waals surface area contributed by atoms with Crippen molar-refractivity contribution < 1.29 is 47.6 Å². The zero-order chi connectivity index (χ0) is 34.1. The number of benzene rings is 2. The number of nitrogens with zero attached hydrogens (tertiary/aromatic N) is 4. The van der Waals surface area contributed by atoms with Crippen LogP contribution in [0.25, 0.3) is 0 Å². The third-order valence-electron chi connectivity index (χ3n) is 8.15. The molecule has 0 atom stereocenters. The number of methoxy groups -OCH3 is 4. The van der Waals surface area contributed by atoms with Crippen LogP contribution >= 0.6 is 0 Å². The lowest BCUT2D eigenvalue weighted by molar-refractivity contribution is -0.0401. The number of amides is 4. The van der Waals surface area contributed by atoms with Crippen molar-refractivity contribution in [3.05, 3.63) is 70.8 Å². The molecule has 2 heterocycles. The number of carbonyl (C=O) groups is 4. The molecule has 2 fully saturated rings. The van der Waals surface area contributed by atoms with E-state index in [-0.39, 0.29) is 65.2 Å². The zero-order valence-electron chi connectivity index (χ0n) is 27.8. The van der Waals surface area contributed by atoms with Crippen molar-refractivity contribution in [2.75, 3.05) is 81.5 Å². The molecule has 2 aromatic carbocycles. The van der Waals surface area contributed by atoms with Gasteiger partial charge in [0.1, 0.15) is 39.1 Å². The van der Waals surface area contributed by atoms with Crippen molar-refractivity contribution >= 4 is 24.0 Å². The number of hydrogen-bond donors (Lipinski definition) is 0. The molecule has 4 rings (SSSR count). The van der Waals surface area contributed by atoms with Crippen molar-refractivity contribution in [2.45, 2.75) is 31.5 Å². The van der Waals surface area contributed by atoms with Crippen LogP contribution in [0.5, 0.6) is 0 Å². The molecular weight excluding hydrogens is 612 g/mol. The van der Waals surface area contributed by atoms with Crippen molar-refractivity contribution in [3.63, 3.8) is 0 Å². The molecule has 0 unspecified atom stereocenters. The molecule has 0 aliphatic carbocycles. The molecule has 2 aromatic rings. The molecule has 47 heavy (non-hydrogen) atoms. The first kappa shape index (κ1) is 35.6. The summed E-state index contributed by atoms with van der Waals surface area (Å²) in [6, 6.07) is 13.9. The fraction of sp³-hybridized carbons (Fsp3) is 0.515. The highest BCUT2D eigenvalue weighted by molar-refractivity contribution is 5.90. The Morgan fingerprint density at radius 1 is 0.574 bits per heavy atom. The summed E-state index contributed by atoms with van der Waals surface area (Å²) in [5.41, 5.74) is 2.21. The van der Waals surface area contributed by atoms with Crippen LogP contribution in [0, 0.1) is 0 Å². The lowest BCUT2D eigenvalue weighted by atomic mass is 9.78. The minimum Gasteiger partial charge on any atom is -0.455 e. The summed E-state index contributed by atoms with van der Waals surface area (Å²) in [5, 5.41) is 0. The zero-order valence-corrected chi connectivity index (χ0v) is 27.8. The molecule has 0 N–H and O–H groups in total. The van der Waals surface area contributed by atoms with E-state index in [4.69, 9.17) is 28.4 Å². The van der Waals surface area contributed by atoms with E-state index in [2.05, 4.69) is 13.8 Å². The molecule has 0 bridgehead atoms. The van der Waals surface area contributed by atoms with Gasteiger partial charge in [0.2, 0.25) is 0 Å². The molecule has 256 valence electrons. The number of carbonyl (C=O) groups excluding carboxylic acids is 4. The summed E-state index contributed by atoms with van der Waals surface area (Å²) in [4.78, 5) is 57.0. The van der Waals surface area contributed by atoms with Gasteiger partial charge in [-0.2, -0.15) is 0 Å². The first-order valence-corrected chi connectivity index (χ1v) is 15.2. The standard InChI is InChI=1S/C33H44N4O10/c1-33(2,25-11-7-23(8-12-25)29(38)46-27-15-34(19-42-3)31(40)35(16-27)20-43-4)26-13-9-24(10-14-26)30(39)47-28-17-36(21-44-5)32(41)37(18-28)22-45-6/h7-14,27-28H,15-22H2,1-6H3. The Labute approximate surface area is 275 Å². The van der Waals surface area contributed by atoms with Crippen LogP contribution in [0.15, 0.2) is 48.5 Å². The van der Waals surface area contributed by atoms with E-state index in [0.29, 0.717) is 11.1 Å². The predicted molar refractivity (Wildman–Crippen MR) is 169 cm³/mol. The number of esters is 2. The second kappa shape index (κ2) is 16.0. The maximum Gasteiger partial charge on any atom is 0.338 e. The van der Waals surface area contributed by atoms with Crippen molar-refractivity contribution in [3.8, 4) is 0 Å². The molecule has 2 aliphatic rings. The minimum atomic E-state index is -0.555. The Balaban J connectivity index is 1.38. The maximum atomic E-state index is 13.0.